The summed E-state index contributed by atoms with van der Waals surface area (Å²) in [5.74, 6) is 0. The van der Waals surface area contributed by atoms with Crippen molar-refractivity contribution in [3.05, 3.63) is 44.6 Å². The number of aryl methyl sites for hydroxylation is 2. The van der Waals surface area contributed by atoms with E-state index in [0.717, 1.165) is 5.56 Å². The Morgan fingerprint density at radius 3 is 2.56 bits per heavy atom. The minimum atomic E-state index is -0.332. The van der Waals surface area contributed by atoms with Crippen LogP contribution < -0.4 is 16.6 Å². The highest BCUT2D eigenvalue weighted by Crippen LogP contribution is 2.10. The molecule has 0 radical (unpaired) electrons. The predicted molar refractivity (Wildman–Crippen MR) is 72.0 cm³/mol. The van der Waals surface area contributed by atoms with E-state index >= 15 is 0 Å². The van der Waals surface area contributed by atoms with Crippen molar-refractivity contribution in [1.82, 2.24) is 14.5 Å². The van der Waals surface area contributed by atoms with Crippen molar-refractivity contribution < 1.29 is 0 Å². The zero-order valence-corrected chi connectivity index (χ0v) is 11.0. The molecular formula is C13H17N3O2. The molecule has 0 spiro atoms. The Hall–Kier alpha value is -1.88. The molecule has 0 aliphatic heterocycles. The van der Waals surface area contributed by atoms with Gasteiger partial charge in [-0.1, -0.05) is 11.6 Å². The van der Waals surface area contributed by atoms with Crippen LogP contribution in [0.3, 0.4) is 0 Å². The number of nitrogens with one attached hydrogen (secondary N) is 1. The van der Waals surface area contributed by atoms with Gasteiger partial charge < -0.3 is 5.32 Å². The van der Waals surface area contributed by atoms with E-state index in [1.807, 2.05) is 25.1 Å². The first-order valence-electron chi connectivity index (χ1n) is 5.86. The molecule has 1 atom stereocenters. The first-order valence-corrected chi connectivity index (χ1v) is 5.86. The summed E-state index contributed by atoms with van der Waals surface area (Å²) >= 11 is 0. The van der Waals surface area contributed by atoms with Gasteiger partial charge in [-0.2, -0.15) is 0 Å². The molecule has 5 heteroatoms. The molecule has 2 aromatic rings. The SMILES string of the molecule is CNC(C)n1c(=O)c2cc(C)ccc2n(C)c1=O. The standard InChI is InChI=1S/C13H17N3O2/c1-8-5-6-11-10(7-8)12(17)16(9(2)14-3)13(18)15(11)4/h5-7,9,14H,1-4H3. The molecule has 2 rings (SSSR count). The van der Waals surface area contributed by atoms with Crippen LogP contribution in [0, 0.1) is 6.92 Å². The Morgan fingerprint density at radius 2 is 1.94 bits per heavy atom. The van der Waals surface area contributed by atoms with Gasteiger partial charge in [0.05, 0.1) is 17.1 Å². The maximum absolute atomic E-state index is 12.4. The molecule has 5 nitrogen and oxygen atoms in total. The quantitative estimate of drug-likeness (QED) is 0.852. The van der Waals surface area contributed by atoms with Gasteiger partial charge in [0.15, 0.2) is 0 Å². The van der Waals surface area contributed by atoms with Crippen molar-refractivity contribution in [2.75, 3.05) is 7.05 Å². The third-order valence-electron chi connectivity index (χ3n) is 3.26. The van der Waals surface area contributed by atoms with Crippen molar-refractivity contribution >= 4 is 10.9 Å². The van der Waals surface area contributed by atoms with Crippen LogP contribution in [0.1, 0.15) is 18.7 Å². The van der Waals surface area contributed by atoms with Crippen LogP contribution in [0.4, 0.5) is 0 Å². The Kier molecular flexibility index (Phi) is 3.09. The second kappa shape index (κ2) is 4.42. The zero-order chi connectivity index (χ0) is 13.4. The predicted octanol–water partition coefficient (Wildman–Crippen LogP) is 0.747. The molecule has 1 aromatic heterocycles. The third-order valence-corrected chi connectivity index (χ3v) is 3.26. The number of hydrogen-bond donors (Lipinski definition) is 1. The second-order valence-corrected chi connectivity index (χ2v) is 4.50. The van der Waals surface area contributed by atoms with Crippen LogP contribution in [-0.4, -0.2) is 16.2 Å². The number of rotatable bonds is 2. The average Bonchev–Trinajstić information content (AvgIpc) is 2.36. The molecule has 1 aromatic carbocycles. The van der Waals surface area contributed by atoms with E-state index in [2.05, 4.69) is 5.32 Å². The lowest BCUT2D eigenvalue weighted by Gasteiger charge is -2.16. The van der Waals surface area contributed by atoms with Crippen LogP contribution >= 0.6 is 0 Å². The molecular weight excluding hydrogens is 230 g/mol. The van der Waals surface area contributed by atoms with E-state index in [0.29, 0.717) is 10.9 Å². The van der Waals surface area contributed by atoms with E-state index in [1.165, 1.54) is 9.13 Å². The van der Waals surface area contributed by atoms with Gasteiger partial charge in [0.2, 0.25) is 0 Å². The highest BCUT2D eigenvalue weighted by molar-refractivity contribution is 5.78. The molecule has 0 saturated heterocycles. The van der Waals surface area contributed by atoms with E-state index in [-0.39, 0.29) is 17.4 Å². The molecule has 0 saturated carbocycles. The molecule has 1 heterocycles. The van der Waals surface area contributed by atoms with Crippen molar-refractivity contribution in [3.8, 4) is 0 Å². The van der Waals surface area contributed by atoms with Gasteiger partial charge in [0.25, 0.3) is 5.56 Å². The average molecular weight is 247 g/mol. The fourth-order valence-corrected chi connectivity index (χ4v) is 2.07. The third kappa shape index (κ3) is 1.76. The Bertz CT molecular complexity index is 712. The van der Waals surface area contributed by atoms with Gasteiger partial charge in [-0.05, 0) is 33.0 Å². The summed E-state index contributed by atoms with van der Waals surface area (Å²) < 4.78 is 2.74. The van der Waals surface area contributed by atoms with Crippen LogP contribution in [-0.2, 0) is 7.05 Å². The van der Waals surface area contributed by atoms with E-state index in [4.69, 9.17) is 0 Å². The molecule has 0 amide bonds. The van der Waals surface area contributed by atoms with Gasteiger partial charge in [0.1, 0.15) is 0 Å². The lowest BCUT2D eigenvalue weighted by atomic mass is 10.1. The summed E-state index contributed by atoms with van der Waals surface area (Å²) in [4.78, 5) is 24.5. The molecule has 1 N–H and O–H groups in total. The van der Waals surface area contributed by atoms with Gasteiger partial charge in [-0.25, -0.2) is 9.36 Å². The van der Waals surface area contributed by atoms with Crippen LogP contribution in [0.15, 0.2) is 27.8 Å². The smallest absolute Gasteiger partial charge is 0.300 e. The molecule has 96 valence electrons. The summed E-state index contributed by atoms with van der Waals surface area (Å²) in [5.41, 5.74) is 1.11. The van der Waals surface area contributed by atoms with Crippen LogP contribution in [0.2, 0.25) is 0 Å². The van der Waals surface area contributed by atoms with E-state index < -0.39 is 0 Å². The van der Waals surface area contributed by atoms with Crippen molar-refractivity contribution in [1.29, 1.82) is 0 Å². The molecule has 1 unspecified atom stereocenters. The zero-order valence-electron chi connectivity index (χ0n) is 11.0. The van der Waals surface area contributed by atoms with Crippen LogP contribution in [0.5, 0.6) is 0 Å². The highest BCUT2D eigenvalue weighted by Gasteiger charge is 2.14. The Labute approximate surface area is 105 Å². The van der Waals surface area contributed by atoms with E-state index in [1.54, 1.807) is 21.0 Å². The highest BCUT2D eigenvalue weighted by atomic mass is 16.2. The van der Waals surface area contributed by atoms with Crippen molar-refractivity contribution in [2.24, 2.45) is 7.05 Å². The summed E-state index contributed by atoms with van der Waals surface area (Å²) in [5, 5.41) is 3.49. The summed E-state index contributed by atoms with van der Waals surface area (Å²) in [7, 11) is 3.40. The van der Waals surface area contributed by atoms with E-state index in [9.17, 15) is 9.59 Å². The van der Waals surface area contributed by atoms with Crippen LogP contribution in [0.25, 0.3) is 10.9 Å². The van der Waals surface area contributed by atoms with Gasteiger partial charge in [-0.15, -0.1) is 0 Å². The lowest BCUT2D eigenvalue weighted by Crippen LogP contribution is -2.44. The molecule has 0 aliphatic rings. The maximum atomic E-state index is 12.4. The normalized spacial score (nSPS) is 12.9. The number of fused-ring (bicyclic) bond motifs is 1. The fraction of sp³-hybridized carbons (Fsp3) is 0.385. The fourth-order valence-electron chi connectivity index (χ4n) is 2.07. The largest absolute Gasteiger partial charge is 0.332 e. The topological polar surface area (TPSA) is 56.0 Å². The number of hydrogen-bond acceptors (Lipinski definition) is 3. The second-order valence-electron chi connectivity index (χ2n) is 4.50. The molecule has 0 aliphatic carbocycles. The first kappa shape index (κ1) is 12.6. The number of aromatic nitrogens is 2. The Balaban J connectivity index is 2.98. The summed E-state index contributed by atoms with van der Waals surface area (Å²) in [6.07, 6.45) is -0.332. The van der Waals surface area contributed by atoms with Gasteiger partial charge >= 0.3 is 5.69 Å². The van der Waals surface area contributed by atoms with Gasteiger partial charge in [0, 0.05) is 7.05 Å². The Morgan fingerprint density at radius 1 is 1.28 bits per heavy atom. The number of benzene rings is 1. The minimum absolute atomic E-state index is 0.251. The minimum Gasteiger partial charge on any atom is -0.300 e. The lowest BCUT2D eigenvalue weighted by molar-refractivity contribution is 0.437. The molecule has 18 heavy (non-hydrogen) atoms. The first-order chi connectivity index (χ1) is 8.47. The monoisotopic (exact) mass is 247 g/mol. The molecule has 0 fully saturated rings. The number of nitrogens with zero attached hydrogens (tertiary/aromatic N) is 2. The van der Waals surface area contributed by atoms with Crippen molar-refractivity contribution in [2.45, 2.75) is 20.0 Å². The maximum Gasteiger partial charge on any atom is 0.332 e. The molecule has 0 bridgehead atoms. The summed E-state index contributed by atoms with van der Waals surface area (Å²) in [6.45, 7) is 3.71. The van der Waals surface area contributed by atoms with Crippen molar-refractivity contribution in [3.63, 3.8) is 0 Å². The van der Waals surface area contributed by atoms with Gasteiger partial charge in [-0.3, -0.25) is 9.36 Å². The summed E-state index contributed by atoms with van der Waals surface area (Å²) in [6, 6.07) is 5.52.